The number of aryl methyl sites for hydroxylation is 1. The zero-order chi connectivity index (χ0) is 24.6. The van der Waals surface area contributed by atoms with Crippen LogP contribution < -0.4 is 35.0 Å². The van der Waals surface area contributed by atoms with Crippen LogP contribution in [0.4, 0.5) is 5.69 Å². The van der Waals surface area contributed by atoms with Gasteiger partial charge in [-0.3, -0.25) is 14.5 Å². The van der Waals surface area contributed by atoms with Crippen molar-refractivity contribution in [1.29, 1.82) is 0 Å². The van der Waals surface area contributed by atoms with E-state index >= 15 is 0 Å². The number of ether oxygens (including phenoxy) is 2. The molecule has 14 heteroatoms. The van der Waals surface area contributed by atoms with Crippen molar-refractivity contribution in [2.45, 2.75) is 6.10 Å². The van der Waals surface area contributed by atoms with Gasteiger partial charge in [-0.2, -0.15) is 5.10 Å². The van der Waals surface area contributed by atoms with Crippen molar-refractivity contribution in [3.8, 4) is 11.1 Å². The molecule has 0 aliphatic carbocycles. The molecule has 5 rings (SSSR count). The molecular weight excluding hydrogens is 525 g/mol. The molecule has 2 aromatic heterocycles. The normalized spacial score (nSPS) is 15.4. The Balaban J connectivity index is 0.00000169. The molecule has 1 aliphatic heterocycles. The van der Waals surface area contributed by atoms with Gasteiger partial charge in [0.15, 0.2) is 15.6 Å². The Hall–Kier alpha value is -2.46. The molecule has 0 spiro atoms. The predicted octanol–water partition coefficient (Wildman–Crippen LogP) is -1.90. The van der Waals surface area contributed by atoms with E-state index in [1.54, 1.807) is 47.4 Å². The average Bonchev–Trinajstić information content (AvgIpc) is 3.23. The summed E-state index contributed by atoms with van der Waals surface area (Å²) >= 11 is 0. The zero-order valence-electron chi connectivity index (χ0n) is 21.3. The molecule has 0 saturated carbocycles. The number of hydrogen-bond donors (Lipinski definition) is 0. The maximum Gasteiger partial charge on any atom is 1.00 e. The molecule has 1 aliphatic rings. The summed E-state index contributed by atoms with van der Waals surface area (Å²) in [5, 5.41) is 5.62. The van der Waals surface area contributed by atoms with Gasteiger partial charge < -0.3 is 25.1 Å². The summed E-state index contributed by atoms with van der Waals surface area (Å²) in [6.45, 7) is 1.37. The Morgan fingerprint density at radius 2 is 1.84 bits per heavy atom. The van der Waals surface area contributed by atoms with E-state index in [0.717, 1.165) is 15.4 Å². The third-order valence-corrected chi connectivity index (χ3v) is 7.24. The van der Waals surface area contributed by atoms with Crippen LogP contribution >= 0.6 is 0 Å². The molecule has 12 nitrogen and oxygen atoms in total. The van der Waals surface area contributed by atoms with Gasteiger partial charge in [0.05, 0.1) is 37.6 Å². The Kier molecular flexibility index (Phi) is 10.9. The monoisotopic (exact) mass is 553 g/mol. The SMILES string of the molecule is CN(C[C@@H]1COCCO1)S(=O)(=O)[N-]c1ccc2ccc3ncc(-c4cnn(C)c4)cc3c(=O)c2c1.O.O.[Na+]. The summed E-state index contributed by atoms with van der Waals surface area (Å²) < 4.78 is 43.3. The first kappa shape index (κ1) is 31.8. The fourth-order valence-electron chi connectivity index (χ4n) is 4.00. The Bertz CT molecular complexity index is 1580. The minimum atomic E-state index is -3.99. The van der Waals surface area contributed by atoms with Crippen LogP contribution in [0.15, 0.2) is 59.8 Å². The Morgan fingerprint density at radius 1 is 1.08 bits per heavy atom. The molecule has 3 heterocycles. The predicted molar refractivity (Wildman–Crippen MR) is 140 cm³/mol. The van der Waals surface area contributed by atoms with Crippen LogP contribution in [0, 0.1) is 0 Å². The summed E-state index contributed by atoms with van der Waals surface area (Å²) in [4.78, 5) is 18.0. The first-order chi connectivity index (χ1) is 16.8. The van der Waals surface area contributed by atoms with Crippen molar-refractivity contribution in [3.63, 3.8) is 0 Å². The largest absolute Gasteiger partial charge is 1.00 e. The van der Waals surface area contributed by atoms with Crippen LogP contribution in [0.2, 0.25) is 0 Å². The Labute approximate surface area is 241 Å². The number of hydrogen-bond acceptors (Lipinski definition) is 7. The molecule has 4 aromatic rings. The van der Waals surface area contributed by atoms with Crippen molar-refractivity contribution in [1.82, 2.24) is 19.1 Å². The molecule has 1 saturated heterocycles. The van der Waals surface area contributed by atoms with Gasteiger partial charge in [-0.05, 0) is 17.5 Å². The molecule has 38 heavy (non-hydrogen) atoms. The van der Waals surface area contributed by atoms with Gasteiger partial charge in [0.1, 0.15) is 0 Å². The van der Waals surface area contributed by atoms with Gasteiger partial charge >= 0.3 is 29.6 Å². The minimum absolute atomic E-state index is 0. The number of pyridine rings is 1. The summed E-state index contributed by atoms with van der Waals surface area (Å²) in [6.07, 6.45) is 4.90. The molecule has 4 N–H and O–H groups in total. The van der Waals surface area contributed by atoms with Gasteiger partial charge in [-0.15, -0.1) is 5.69 Å². The maximum atomic E-state index is 13.5. The quantitative estimate of drug-likeness (QED) is 0.250. The van der Waals surface area contributed by atoms with Crippen molar-refractivity contribution in [2.75, 3.05) is 33.4 Å². The second kappa shape index (κ2) is 13.1. The molecular formula is C24H28N5NaO7S. The number of aromatic nitrogens is 3. The number of likely N-dealkylation sites (N-methyl/N-ethyl adjacent to an activating group) is 1. The fraction of sp³-hybridized carbons (Fsp3) is 0.292. The van der Waals surface area contributed by atoms with Crippen LogP contribution in [-0.4, -0.2) is 78.0 Å². The first-order valence-corrected chi connectivity index (χ1v) is 12.4. The molecule has 0 amide bonds. The van der Waals surface area contributed by atoms with Gasteiger partial charge in [0.2, 0.25) is 0 Å². The van der Waals surface area contributed by atoms with E-state index in [2.05, 4.69) is 14.8 Å². The number of nitrogens with zero attached hydrogens (tertiary/aromatic N) is 5. The smallest absolute Gasteiger partial charge is 0.564 e. The second-order valence-corrected chi connectivity index (χ2v) is 10.1. The van der Waals surface area contributed by atoms with Crippen LogP contribution in [-0.2, 0) is 26.7 Å². The average molecular weight is 554 g/mol. The van der Waals surface area contributed by atoms with E-state index in [1.165, 1.54) is 13.1 Å². The number of fused-ring (bicyclic) bond motifs is 2. The van der Waals surface area contributed by atoms with Crippen molar-refractivity contribution in [2.24, 2.45) is 7.05 Å². The first-order valence-electron chi connectivity index (χ1n) is 11.0. The minimum Gasteiger partial charge on any atom is -0.564 e. The van der Waals surface area contributed by atoms with Crippen molar-refractivity contribution >= 4 is 37.6 Å². The van der Waals surface area contributed by atoms with E-state index in [-0.39, 0.29) is 64.3 Å². The van der Waals surface area contributed by atoms with Crippen molar-refractivity contribution in [3.05, 3.63) is 69.9 Å². The van der Waals surface area contributed by atoms with Gasteiger partial charge in [0, 0.05) is 54.9 Å². The van der Waals surface area contributed by atoms with Crippen molar-refractivity contribution < 1.29 is 58.4 Å². The molecule has 2 aromatic carbocycles. The van der Waals surface area contributed by atoms with E-state index in [9.17, 15) is 13.2 Å². The molecule has 1 fully saturated rings. The Morgan fingerprint density at radius 3 is 2.53 bits per heavy atom. The van der Waals surface area contributed by atoms with Gasteiger partial charge in [-0.1, -0.05) is 24.3 Å². The van der Waals surface area contributed by atoms with Crippen LogP contribution in [0.5, 0.6) is 0 Å². The van der Waals surface area contributed by atoms with E-state index < -0.39 is 10.2 Å². The third kappa shape index (κ3) is 6.75. The summed E-state index contributed by atoms with van der Waals surface area (Å²) in [6, 6.07) is 10.1. The molecule has 0 unspecified atom stereocenters. The summed E-state index contributed by atoms with van der Waals surface area (Å²) in [7, 11) is -0.738. The molecule has 0 radical (unpaired) electrons. The second-order valence-electron chi connectivity index (χ2n) is 8.41. The number of benzene rings is 1. The topological polar surface area (TPSA) is 181 Å². The van der Waals surface area contributed by atoms with Crippen LogP contribution in [0.25, 0.3) is 37.5 Å². The molecule has 198 valence electrons. The molecule has 0 bridgehead atoms. The van der Waals surface area contributed by atoms with Gasteiger partial charge in [0.25, 0.3) is 0 Å². The van der Waals surface area contributed by atoms with Crippen LogP contribution in [0.3, 0.4) is 0 Å². The number of rotatable bonds is 6. The summed E-state index contributed by atoms with van der Waals surface area (Å²) in [5.41, 5.74) is 2.06. The zero-order valence-corrected chi connectivity index (χ0v) is 24.1. The van der Waals surface area contributed by atoms with E-state index in [4.69, 9.17) is 9.47 Å². The van der Waals surface area contributed by atoms with Gasteiger partial charge in [-0.25, -0.2) is 12.7 Å². The third-order valence-electron chi connectivity index (χ3n) is 5.86. The molecule has 1 atom stereocenters. The fourth-order valence-corrected chi connectivity index (χ4v) is 4.87. The maximum absolute atomic E-state index is 13.5. The standard InChI is InChI=1S/C24H25N5O5S.Na.2H2O/c1-28-13-18(12-26-28)17-9-22-23(25-11-17)6-4-16-3-5-19(10-21(16)24(22)30)27-35(31,32)29(2)14-20-15-33-7-8-34-20;;;/h3-6,9-13,20H,7-8,14-15H2,1-2H3,(H,25,27,30);;2*1H2/q;+1;;/p-1/t20-;;;/m1.../s1. The van der Waals surface area contributed by atoms with Crippen LogP contribution in [0.1, 0.15) is 0 Å². The summed E-state index contributed by atoms with van der Waals surface area (Å²) in [5.74, 6) is 0. The van der Waals surface area contributed by atoms with E-state index in [1.807, 2.05) is 13.2 Å². The van der Waals surface area contributed by atoms with E-state index in [0.29, 0.717) is 41.5 Å².